The van der Waals surface area contributed by atoms with Crippen LogP contribution < -0.4 is 0 Å². The molecule has 0 N–H and O–H groups in total. The molecular weight excluding hydrogens is 340 g/mol. The number of ether oxygens (including phenoxy) is 2. The molecule has 126 valence electrons. The van der Waals surface area contributed by atoms with Gasteiger partial charge in [-0.05, 0) is 24.3 Å². The molecule has 0 fully saturated rings. The predicted molar refractivity (Wildman–Crippen MR) is 99.7 cm³/mol. The molecule has 2 aromatic rings. The number of hydrogen-bond donors (Lipinski definition) is 0. The summed E-state index contributed by atoms with van der Waals surface area (Å²) in [5.41, 5.74) is 1.81. The average Bonchev–Trinajstić information content (AvgIpc) is 2.62. The summed E-state index contributed by atoms with van der Waals surface area (Å²) >= 11 is 3.40. The third kappa shape index (κ3) is 5.63. The number of rotatable bonds is 0. The quantitative estimate of drug-likeness (QED) is 0.663. The molecule has 0 unspecified atom stereocenters. The van der Waals surface area contributed by atoms with Gasteiger partial charge in [0, 0.05) is 11.5 Å². The van der Waals surface area contributed by atoms with Crippen LogP contribution in [0.1, 0.15) is 0 Å². The number of aromatic nitrogens is 2. The number of fused-ring (bicyclic) bond motifs is 5. The second-order valence-corrected chi connectivity index (χ2v) is 7.27. The van der Waals surface area contributed by atoms with E-state index in [0.29, 0.717) is 26.4 Å². The lowest BCUT2D eigenvalue weighted by molar-refractivity contribution is 0.171. The molecule has 0 spiro atoms. The van der Waals surface area contributed by atoms with Crippen LogP contribution in [0.15, 0.2) is 58.6 Å². The molecule has 0 atom stereocenters. The Hall–Kier alpha value is -1.34. The van der Waals surface area contributed by atoms with Gasteiger partial charge in [0.05, 0.1) is 47.9 Å². The van der Waals surface area contributed by atoms with Crippen LogP contribution in [-0.2, 0) is 9.47 Å². The van der Waals surface area contributed by atoms with E-state index in [9.17, 15) is 0 Å². The second-order valence-electron chi connectivity index (χ2n) is 5.04. The third-order valence-corrected chi connectivity index (χ3v) is 5.05. The smallest absolute Gasteiger partial charge is 0.0968 e. The van der Waals surface area contributed by atoms with Crippen LogP contribution in [0.3, 0.4) is 0 Å². The van der Waals surface area contributed by atoms with Crippen LogP contribution in [-0.4, -0.2) is 47.9 Å². The van der Waals surface area contributed by atoms with E-state index in [1.54, 1.807) is 23.5 Å². The maximum Gasteiger partial charge on any atom is 0.0968 e. The predicted octanol–water partition coefficient (Wildman–Crippen LogP) is 3.93. The fraction of sp³-hybridized carbons (Fsp3) is 0.333. The molecule has 0 aromatic carbocycles. The fourth-order valence-electron chi connectivity index (χ4n) is 2.12. The largest absolute Gasteiger partial charge is 0.377 e. The normalized spacial score (nSPS) is 18.3. The number of hydrogen-bond acceptors (Lipinski definition) is 6. The summed E-state index contributed by atoms with van der Waals surface area (Å²) in [7, 11) is 0. The Balaban J connectivity index is 1.75. The summed E-state index contributed by atoms with van der Waals surface area (Å²) in [6, 6.07) is 12.1. The van der Waals surface area contributed by atoms with Gasteiger partial charge >= 0.3 is 0 Å². The molecular formula is C18H20N2O2S2. The molecule has 0 saturated carbocycles. The highest BCUT2D eigenvalue weighted by molar-refractivity contribution is 7.99. The molecule has 6 heteroatoms. The number of nitrogens with zero attached hydrogens (tertiary/aromatic N) is 2. The molecule has 3 rings (SSSR count). The summed E-state index contributed by atoms with van der Waals surface area (Å²) in [5.74, 6) is 1.76. The Morgan fingerprint density at radius 2 is 1.21 bits per heavy atom. The molecule has 4 nitrogen and oxygen atoms in total. The molecule has 1 aliphatic heterocycles. The monoisotopic (exact) mass is 360 g/mol. The highest BCUT2D eigenvalue weighted by Crippen LogP contribution is 2.23. The van der Waals surface area contributed by atoms with Crippen molar-refractivity contribution in [1.82, 2.24) is 9.97 Å². The van der Waals surface area contributed by atoms with E-state index in [4.69, 9.17) is 19.4 Å². The average molecular weight is 361 g/mol. The van der Waals surface area contributed by atoms with Gasteiger partial charge in [-0.25, -0.2) is 9.97 Å². The van der Waals surface area contributed by atoms with Crippen LogP contribution in [0.5, 0.6) is 0 Å². The van der Waals surface area contributed by atoms with Crippen molar-refractivity contribution in [3.8, 4) is 11.4 Å². The zero-order valence-electron chi connectivity index (χ0n) is 13.4. The molecule has 24 heavy (non-hydrogen) atoms. The van der Waals surface area contributed by atoms with E-state index in [0.717, 1.165) is 32.9 Å². The maximum absolute atomic E-state index is 5.58. The lowest BCUT2D eigenvalue weighted by atomic mass is 10.2. The highest BCUT2D eigenvalue weighted by atomic mass is 32.2. The first-order chi connectivity index (χ1) is 11.9. The van der Waals surface area contributed by atoms with Gasteiger partial charge in [0.1, 0.15) is 0 Å². The molecule has 3 heterocycles. The Morgan fingerprint density at radius 3 is 1.71 bits per heavy atom. The number of thioether (sulfide) groups is 2. The van der Waals surface area contributed by atoms with E-state index >= 15 is 0 Å². The van der Waals surface area contributed by atoms with Gasteiger partial charge in [0.25, 0.3) is 0 Å². The Morgan fingerprint density at radius 1 is 0.708 bits per heavy atom. The molecule has 0 radical (unpaired) electrons. The minimum absolute atomic E-state index is 0.626. The highest BCUT2D eigenvalue weighted by Gasteiger charge is 2.05. The van der Waals surface area contributed by atoms with Gasteiger partial charge < -0.3 is 9.47 Å². The van der Waals surface area contributed by atoms with Gasteiger partial charge in [0.15, 0.2) is 0 Å². The van der Waals surface area contributed by atoms with Crippen LogP contribution in [0.25, 0.3) is 11.4 Å². The van der Waals surface area contributed by atoms with Crippen molar-refractivity contribution < 1.29 is 9.47 Å². The van der Waals surface area contributed by atoms with Crippen molar-refractivity contribution >= 4 is 23.5 Å². The standard InChI is InChI=1S/C18H20N2O2S2/c1-2-10-22-12-14-24-18-8-4-6-16(20-18)15-5-3-7-17(19-15)23-13-11-21-9-1/h1-8H,9-14H2/b2-1-. The van der Waals surface area contributed by atoms with E-state index in [2.05, 4.69) is 0 Å². The van der Waals surface area contributed by atoms with Crippen LogP contribution in [0.2, 0.25) is 0 Å². The Bertz CT molecular complexity index is 622. The van der Waals surface area contributed by atoms with Gasteiger partial charge in [-0.15, -0.1) is 23.5 Å². The zero-order chi connectivity index (χ0) is 16.5. The summed E-state index contributed by atoms with van der Waals surface area (Å²) in [4.78, 5) is 9.41. The Labute approximate surface area is 151 Å². The van der Waals surface area contributed by atoms with Gasteiger partial charge in [-0.3, -0.25) is 0 Å². The minimum Gasteiger partial charge on any atom is -0.377 e. The maximum atomic E-state index is 5.58. The van der Waals surface area contributed by atoms with Crippen molar-refractivity contribution in [2.24, 2.45) is 0 Å². The van der Waals surface area contributed by atoms with E-state index in [-0.39, 0.29) is 0 Å². The van der Waals surface area contributed by atoms with Gasteiger partial charge in [-0.2, -0.15) is 0 Å². The zero-order valence-corrected chi connectivity index (χ0v) is 15.0. The minimum atomic E-state index is 0.626. The first-order valence-electron chi connectivity index (χ1n) is 7.92. The molecule has 2 aromatic heterocycles. The molecule has 0 aliphatic carbocycles. The van der Waals surface area contributed by atoms with Crippen molar-refractivity contribution in [2.45, 2.75) is 10.1 Å². The lowest BCUT2D eigenvalue weighted by Crippen LogP contribution is -2.00. The van der Waals surface area contributed by atoms with Crippen LogP contribution in [0, 0.1) is 0 Å². The SMILES string of the molecule is C1=C\COCCSc2cccc(n2)-c2cccc(n2)SCCOC/1. The summed E-state index contributed by atoms with van der Waals surface area (Å²) in [6.45, 7) is 2.65. The summed E-state index contributed by atoms with van der Waals surface area (Å²) in [6.07, 6.45) is 4.01. The van der Waals surface area contributed by atoms with Crippen LogP contribution in [0.4, 0.5) is 0 Å². The fourth-order valence-corrected chi connectivity index (χ4v) is 3.62. The topological polar surface area (TPSA) is 44.2 Å². The first-order valence-corrected chi connectivity index (χ1v) is 9.89. The van der Waals surface area contributed by atoms with Crippen molar-refractivity contribution in [3.05, 3.63) is 48.6 Å². The van der Waals surface area contributed by atoms with Crippen molar-refractivity contribution in [2.75, 3.05) is 37.9 Å². The van der Waals surface area contributed by atoms with E-state index in [1.165, 1.54) is 0 Å². The Kier molecular flexibility index (Phi) is 7.16. The van der Waals surface area contributed by atoms with Gasteiger partial charge in [-0.1, -0.05) is 24.3 Å². The van der Waals surface area contributed by atoms with Gasteiger partial charge in [0.2, 0.25) is 0 Å². The molecule has 0 amide bonds. The lowest BCUT2D eigenvalue weighted by Gasteiger charge is -2.07. The second kappa shape index (κ2) is 9.84. The van der Waals surface area contributed by atoms with E-state index < -0.39 is 0 Å². The van der Waals surface area contributed by atoms with Crippen molar-refractivity contribution in [3.63, 3.8) is 0 Å². The third-order valence-electron chi connectivity index (χ3n) is 3.26. The molecule has 0 saturated heterocycles. The molecule has 1 aliphatic rings. The van der Waals surface area contributed by atoms with E-state index in [1.807, 2.05) is 48.6 Å². The van der Waals surface area contributed by atoms with Crippen molar-refractivity contribution in [1.29, 1.82) is 0 Å². The first kappa shape index (κ1) is 17.5. The van der Waals surface area contributed by atoms with Crippen LogP contribution >= 0.6 is 23.5 Å². The summed E-state index contributed by atoms with van der Waals surface area (Å²) < 4.78 is 11.2. The number of pyridine rings is 2. The molecule has 4 bridgehead atoms. The summed E-state index contributed by atoms with van der Waals surface area (Å²) in [5, 5.41) is 2.00.